The number of hydrogen-bond donors (Lipinski definition) is 1. The summed E-state index contributed by atoms with van der Waals surface area (Å²) in [6.07, 6.45) is 1.36. The number of para-hydroxylation sites is 2. The van der Waals surface area contributed by atoms with E-state index >= 15 is 0 Å². The molecule has 0 atom stereocenters. The molecule has 0 spiro atoms. The summed E-state index contributed by atoms with van der Waals surface area (Å²) in [5.41, 5.74) is 1.49. The van der Waals surface area contributed by atoms with Gasteiger partial charge in [-0.2, -0.15) is 4.98 Å². The van der Waals surface area contributed by atoms with Crippen LogP contribution in [0.1, 0.15) is 5.56 Å². The van der Waals surface area contributed by atoms with Gasteiger partial charge in [0.2, 0.25) is 0 Å². The van der Waals surface area contributed by atoms with Crippen LogP contribution in [-0.2, 0) is 10.0 Å². The number of aromatic nitrogens is 1. The minimum Gasteiger partial charge on any atom is -0.496 e. The Morgan fingerprint density at radius 3 is 2.30 bits per heavy atom. The third kappa shape index (κ3) is 4.14. The highest BCUT2D eigenvalue weighted by atomic mass is 32.2. The van der Waals surface area contributed by atoms with Gasteiger partial charge in [0.1, 0.15) is 22.8 Å². The summed E-state index contributed by atoms with van der Waals surface area (Å²) in [6, 6.07) is 10.1. The van der Waals surface area contributed by atoms with E-state index in [4.69, 9.17) is 18.6 Å². The molecule has 0 fully saturated rings. The van der Waals surface area contributed by atoms with Crippen molar-refractivity contribution in [1.29, 1.82) is 0 Å². The van der Waals surface area contributed by atoms with E-state index in [1.807, 2.05) is 0 Å². The standard InChI is InChI=1S/C18H18N2O6S/c1-23-12-10-16(24-2)13(17(11-12)25-3)8-9-27(21,22)20-18-19-14-6-4-5-7-15(14)26-18/h4-11H,1-3H3,(H,19,20). The summed E-state index contributed by atoms with van der Waals surface area (Å²) in [4.78, 5) is 4.09. The van der Waals surface area contributed by atoms with Gasteiger partial charge in [0.15, 0.2) is 5.58 Å². The van der Waals surface area contributed by atoms with E-state index in [1.54, 1.807) is 36.4 Å². The van der Waals surface area contributed by atoms with Crippen molar-refractivity contribution < 1.29 is 27.0 Å². The number of nitrogens with one attached hydrogen (secondary N) is 1. The van der Waals surface area contributed by atoms with E-state index in [2.05, 4.69) is 9.71 Å². The van der Waals surface area contributed by atoms with E-state index in [-0.39, 0.29) is 6.01 Å². The lowest BCUT2D eigenvalue weighted by Crippen LogP contribution is -2.09. The number of sulfonamides is 1. The average Bonchev–Trinajstić information content (AvgIpc) is 3.06. The molecule has 0 unspecified atom stereocenters. The van der Waals surface area contributed by atoms with Crippen molar-refractivity contribution in [2.24, 2.45) is 0 Å². The van der Waals surface area contributed by atoms with Crippen LogP contribution in [0.3, 0.4) is 0 Å². The third-order valence-corrected chi connectivity index (χ3v) is 4.64. The van der Waals surface area contributed by atoms with Gasteiger partial charge in [-0.25, -0.2) is 13.1 Å². The minimum absolute atomic E-state index is 0.116. The zero-order valence-corrected chi connectivity index (χ0v) is 15.7. The van der Waals surface area contributed by atoms with Gasteiger partial charge in [0, 0.05) is 12.1 Å². The second-order valence-electron chi connectivity index (χ2n) is 5.38. The van der Waals surface area contributed by atoms with E-state index < -0.39 is 10.0 Å². The normalized spacial score (nSPS) is 11.7. The van der Waals surface area contributed by atoms with Gasteiger partial charge in [-0.1, -0.05) is 12.1 Å². The lowest BCUT2D eigenvalue weighted by molar-refractivity contribution is 0.374. The van der Waals surface area contributed by atoms with Gasteiger partial charge in [-0.15, -0.1) is 0 Å². The fourth-order valence-corrected chi connectivity index (χ4v) is 3.14. The Morgan fingerprint density at radius 1 is 1.04 bits per heavy atom. The molecule has 0 amide bonds. The van der Waals surface area contributed by atoms with Gasteiger partial charge in [0.25, 0.3) is 10.0 Å². The first-order valence-corrected chi connectivity index (χ1v) is 9.37. The summed E-state index contributed by atoms with van der Waals surface area (Å²) >= 11 is 0. The van der Waals surface area contributed by atoms with Crippen LogP contribution >= 0.6 is 0 Å². The van der Waals surface area contributed by atoms with Crippen LogP contribution in [0.5, 0.6) is 17.2 Å². The Kier molecular flexibility index (Phi) is 5.22. The number of anilines is 1. The maximum atomic E-state index is 12.4. The van der Waals surface area contributed by atoms with Crippen molar-refractivity contribution in [3.05, 3.63) is 47.4 Å². The fraction of sp³-hybridized carbons (Fsp3) is 0.167. The maximum Gasteiger partial charge on any atom is 0.309 e. The molecule has 1 aromatic heterocycles. The molecule has 142 valence electrons. The lowest BCUT2D eigenvalue weighted by Gasteiger charge is -2.12. The van der Waals surface area contributed by atoms with Crippen molar-refractivity contribution in [3.63, 3.8) is 0 Å². The molecular formula is C18H18N2O6S. The number of rotatable bonds is 7. The van der Waals surface area contributed by atoms with Crippen LogP contribution in [0.2, 0.25) is 0 Å². The second-order valence-corrected chi connectivity index (χ2v) is 6.95. The molecule has 0 saturated heterocycles. The van der Waals surface area contributed by atoms with Crippen LogP contribution in [0.4, 0.5) is 6.01 Å². The predicted molar refractivity (Wildman–Crippen MR) is 102 cm³/mol. The minimum atomic E-state index is -3.88. The first kappa shape index (κ1) is 18.6. The smallest absolute Gasteiger partial charge is 0.309 e. The molecule has 3 aromatic rings. The van der Waals surface area contributed by atoms with Crippen LogP contribution in [0, 0.1) is 0 Å². The topological polar surface area (TPSA) is 99.9 Å². The van der Waals surface area contributed by atoms with Crippen LogP contribution < -0.4 is 18.9 Å². The van der Waals surface area contributed by atoms with Crippen molar-refractivity contribution in [2.75, 3.05) is 26.1 Å². The van der Waals surface area contributed by atoms with Gasteiger partial charge >= 0.3 is 6.01 Å². The molecule has 0 aliphatic rings. The van der Waals surface area contributed by atoms with Crippen molar-refractivity contribution in [1.82, 2.24) is 4.98 Å². The molecule has 9 heteroatoms. The van der Waals surface area contributed by atoms with Crippen LogP contribution in [0.15, 0.2) is 46.2 Å². The molecule has 0 aliphatic heterocycles. The van der Waals surface area contributed by atoms with Gasteiger partial charge in [-0.05, 0) is 18.2 Å². The van der Waals surface area contributed by atoms with Crippen molar-refractivity contribution in [2.45, 2.75) is 0 Å². The molecule has 0 radical (unpaired) electrons. The van der Waals surface area contributed by atoms with E-state index in [0.29, 0.717) is 33.9 Å². The summed E-state index contributed by atoms with van der Waals surface area (Å²) in [6.45, 7) is 0. The molecule has 2 aromatic carbocycles. The van der Waals surface area contributed by atoms with Gasteiger partial charge in [-0.3, -0.25) is 0 Å². The monoisotopic (exact) mass is 390 g/mol. The number of methoxy groups -OCH3 is 3. The molecule has 0 bridgehead atoms. The number of fused-ring (bicyclic) bond motifs is 1. The van der Waals surface area contributed by atoms with E-state index in [1.165, 1.54) is 27.4 Å². The first-order valence-electron chi connectivity index (χ1n) is 7.82. The Bertz CT molecular complexity index is 1030. The highest BCUT2D eigenvalue weighted by Gasteiger charge is 2.15. The summed E-state index contributed by atoms with van der Waals surface area (Å²) in [5, 5.41) is 0.981. The first-order chi connectivity index (χ1) is 13.0. The summed E-state index contributed by atoms with van der Waals surface area (Å²) in [7, 11) is 0.575. The number of nitrogens with zero attached hydrogens (tertiary/aromatic N) is 1. The highest BCUT2D eigenvalue weighted by Crippen LogP contribution is 2.35. The van der Waals surface area contributed by atoms with Crippen LogP contribution in [-0.4, -0.2) is 34.7 Å². The molecule has 0 saturated carbocycles. The average molecular weight is 390 g/mol. The van der Waals surface area contributed by atoms with Gasteiger partial charge in [0.05, 0.1) is 32.3 Å². The Morgan fingerprint density at radius 2 is 1.70 bits per heavy atom. The summed E-state index contributed by atoms with van der Waals surface area (Å²) in [5.74, 6) is 1.33. The Hall–Kier alpha value is -3.20. The number of ether oxygens (including phenoxy) is 3. The zero-order chi connectivity index (χ0) is 19.4. The summed E-state index contributed by atoms with van der Waals surface area (Å²) < 4.78 is 48.2. The van der Waals surface area contributed by atoms with Crippen molar-refractivity contribution in [3.8, 4) is 17.2 Å². The molecule has 3 rings (SSSR count). The van der Waals surface area contributed by atoms with Gasteiger partial charge < -0.3 is 18.6 Å². The second kappa shape index (κ2) is 7.58. The predicted octanol–water partition coefficient (Wildman–Crippen LogP) is 3.27. The third-order valence-electron chi connectivity index (χ3n) is 3.69. The number of oxazole rings is 1. The van der Waals surface area contributed by atoms with Crippen molar-refractivity contribution >= 4 is 33.2 Å². The molecule has 0 aliphatic carbocycles. The van der Waals surface area contributed by atoms with E-state index in [0.717, 1.165) is 5.41 Å². The highest BCUT2D eigenvalue weighted by molar-refractivity contribution is 7.95. The SMILES string of the molecule is COc1cc(OC)c(C=CS(=O)(=O)Nc2nc3ccccc3o2)c(OC)c1. The van der Waals surface area contributed by atoms with Crippen LogP contribution in [0.25, 0.3) is 17.2 Å². The lowest BCUT2D eigenvalue weighted by atomic mass is 10.1. The Labute approximate surface area is 156 Å². The Balaban J connectivity index is 1.89. The fourth-order valence-electron chi connectivity index (χ4n) is 2.43. The molecule has 27 heavy (non-hydrogen) atoms. The molecule has 1 heterocycles. The number of hydrogen-bond acceptors (Lipinski definition) is 7. The maximum absolute atomic E-state index is 12.4. The quantitative estimate of drug-likeness (QED) is 0.661. The van der Waals surface area contributed by atoms with E-state index in [9.17, 15) is 8.42 Å². The molecule has 8 nitrogen and oxygen atoms in total. The number of benzene rings is 2. The molecule has 1 N–H and O–H groups in total. The zero-order valence-electron chi connectivity index (χ0n) is 14.9. The largest absolute Gasteiger partial charge is 0.496 e. The molecular weight excluding hydrogens is 372 g/mol.